The van der Waals surface area contributed by atoms with E-state index in [1.807, 2.05) is 0 Å². The van der Waals surface area contributed by atoms with E-state index in [-0.39, 0.29) is 11.5 Å². The quantitative estimate of drug-likeness (QED) is 0.732. The topological polar surface area (TPSA) is 111 Å². The van der Waals surface area contributed by atoms with E-state index in [0.717, 1.165) is 5.56 Å². The van der Waals surface area contributed by atoms with Gasteiger partial charge in [0.2, 0.25) is 10.0 Å². The van der Waals surface area contributed by atoms with Crippen molar-refractivity contribution >= 4 is 21.6 Å². The van der Waals surface area contributed by atoms with Crippen LogP contribution in [0, 0.1) is 0 Å². The molecular formula is C15H13ClN4O3S. The molecule has 0 radical (unpaired) electrons. The Morgan fingerprint density at radius 1 is 1.08 bits per heavy atom. The number of aliphatic hydroxyl groups excluding tert-OH is 1. The highest BCUT2D eigenvalue weighted by Gasteiger charge is 2.16. The van der Waals surface area contributed by atoms with Gasteiger partial charge in [0.25, 0.3) is 0 Å². The highest BCUT2D eigenvalue weighted by atomic mass is 35.5. The highest BCUT2D eigenvalue weighted by molar-refractivity contribution is 7.89. The number of nitrogens with two attached hydrogens (primary N) is 1. The van der Waals surface area contributed by atoms with Crippen LogP contribution in [0.2, 0.25) is 5.02 Å². The molecule has 2 aromatic carbocycles. The number of hydrogen-bond donors (Lipinski definition) is 2. The first-order valence-corrected chi connectivity index (χ1v) is 8.77. The molecule has 9 heteroatoms. The van der Waals surface area contributed by atoms with Crippen LogP contribution in [0.4, 0.5) is 0 Å². The largest absolute Gasteiger partial charge is 0.390 e. The van der Waals surface area contributed by atoms with E-state index in [1.165, 1.54) is 16.8 Å². The SMILES string of the molecule is NS(=O)(=O)c1ccc(-n2nnc(CO)c2-c2ccc(Cl)cc2)cc1. The van der Waals surface area contributed by atoms with Crippen LogP contribution in [0.3, 0.4) is 0 Å². The van der Waals surface area contributed by atoms with Crippen LogP contribution in [0.5, 0.6) is 0 Å². The van der Waals surface area contributed by atoms with E-state index in [0.29, 0.717) is 22.1 Å². The van der Waals surface area contributed by atoms with Gasteiger partial charge in [-0.05, 0) is 36.4 Å². The Balaban J connectivity index is 2.12. The molecule has 0 aliphatic heterocycles. The molecule has 3 N–H and O–H groups in total. The van der Waals surface area contributed by atoms with Crippen LogP contribution < -0.4 is 5.14 Å². The average Bonchev–Trinajstić information content (AvgIpc) is 2.99. The van der Waals surface area contributed by atoms with Crippen molar-refractivity contribution in [2.75, 3.05) is 0 Å². The van der Waals surface area contributed by atoms with Gasteiger partial charge in [-0.1, -0.05) is 28.9 Å². The third kappa shape index (κ3) is 3.17. The summed E-state index contributed by atoms with van der Waals surface area (Å²) in [7, 11) is -3.77. The molecule has 24 heavy (non-hydrogen) atoms. The molecule has 0 aliphatic carbocycles. The second-order valence-electron chi connectivity index (χ2n) is 5.00. The van der Waals surface area contributed by atoms with Gasteiger partial charge in [-0.2, -0.15) is 0 Å². The Labute approximate surface area is 143 Å². The maximum atomic E-state index is 11.3. The zero-order chi connectivity index (χ0) is 17.3. The lowest BCUT2D eigenvalue weighted by molar-refractivity contribution is 0.277. The number of primary sulfonamides is 1. The van der Waals surface area contributed by atoms with Crippen LogP contribution in [0.25, 0.3) is 16.9 Å². The molecule has 0 atom stereocenters. The summed E-state index contributed by atoms with van der Waals surface area (Å²) in [6, 6.07) is 12.9. The Bertz CT molecular complexity index is 967. The average molecular weight is 365 g/mol. The first kappa shape index (κ1) is 16.6. The number of benzene rings is 2. The molecule has 0 spiro atoms. The minimum absolute atomic E-state index is 0.00166. The van der Waals surface area contributed by atoms with Gasteiger partial charge in [0.15, 0.2) is 0 Å². The van der Waals surface area contributed by atoms with Crippen molar-refractivity contribution in [1.82, 2.24) is 15.0 Å². The summed E-state index contributed by atoms with van der Waals surface area (Å²) < 4.78 is 24.2. The molecule has 0 aliphatic rings. The zero-order valence-corrected chi connectivity index (χ0v) is 13.9. The van der Waals surface area contributed by atoms with Crippen LogP contribution in [0.1, 0.15) is 5.69 Å². The van der Waals surface area contributed by atoms with E-state index in [1.54, 1.807) is 36.4 Å². The fraction of sp³-hybridized carbons (Fsp3) is 0.0667. The Morgan fingerprint density at radius 2 is 1.71 bits per heavy atom. The van der Waals surface area contributed by atoms with Crippen molar-refractivity contribution in [2.24, 2.45) is 5.14 Å². The van der Waals surface area contributed by atoms with Crippen molar-refractivity contribution in [2.45, 2.75) is 11.5 Å². The van der Waals surface area contributed by atoms with E-state index in [9.17, 15) is 13.5 Å². The van der Waals surface area contributed by atoms with Crippen molar-refractivity contribution in [3.63, 3.8) is 0 Å². The normalized spacial score (nSPS) is 11.6. The molecule has 124 valence electrons. The minimum atomic E-state index is -3.77. The summed E-state index contributed by atoms with van der Waals surface area (Å²) in [5, 5.41) is 23.2. The summed E-state index contributed by atoms with van der Waals surface area (Å²) in [4.78, 5) is 0.00166. The van der Waals surface area contributed by atoms with Gasteiger partial charge in [-0.3, -0.25) is 0 Å². The van der Waals surface area contributed by atoms with Crippen LogP contribution >= 0.6 is 11.6 Å². The van der Waals surface area contributed by atoms with Gasteiger partial charge >= 0.3 is 0 Å². The first-order valence-electron chi connectivity index (χ1n) is 6.85. The number of aromatic nitrogens is 3. The molecule has 0 saturated carbocycles. The van der Waals surface area contributed by atoms with E-state index < -0.39 is 10.0 Å². The number of hydrogen-bond acceptors (Lipinski definition) is 5. The lowest BCUT2D eigenvalue weighted by atomic mass is 10.1. The molecule has 0 unspecified atom stereocenters. The predicted molar refractivity (Wildman–Crippen MR) is 89.1 cm³/mol. The summed E-state index contributed by atoms with van der Waals surface area (Å²) in [6.45, 7) is -0.285. The lowest BCUT2D eigenvalue weighted by Gasteiger charge is -2.08. The molecule has 7 nitrogen and oxygen atoms in total. The Hall–Kier alpha value is -2.26. The number of aliphatic hydroxyl groups is 1. The maximum Gasteiger partial charge on any atom is 0.238 e. The van der Waals surface area contributed by atoms with Crippen LogP contribution in [-0.2, 0) is 16.6 Å². The molecule has 3 rings (SSSR count). The molecule has 0 bridgehead atoms. The molecule has 1 heterocycles. The van der Waals surface area contributed by atoms with Crippen molar-refractivity contribution < 1.29 is 13.5 Å². The van der Waals surface area contributed by atoms with Gasteiger partial charge < -0.3 is 5.11 Å². The first-order chi connectivity index (χ1) is 11.4. The Morgan fingerprint density at radius 3 is 2.25 bits per heavy atom. The van der Waals surface area contributed by atoms with Crippen LogP contribution in [0.15, 0.2) is 53.4 Å². The number of halogens is 1. The predicted octanol–water partition coefficient (Wildman–Crippen LogP) is 1.73. The summed E-state index contributed by atoms with van der Waals surface area (Å²) in [6.07, 6.45) is 0. The van der Waals surface area contributed by atoms with Gasteiger partial charge in [0, 0.05) is 10.6 Å². The second-order valence-corrected chi connectivity index (χ2v) is 7.00. The smallest absolute Gasteiger partial charge is 0.238 e. The van der Waals surface area contributed by atoms with Gasteiger partial charge in [-0.25, -0.2) is 18.2 Å². The fourth-order valence-electron chi connectivity index (χ4n) is 2.27. The van der Waals surface area contributed by atoms with Gasteiger partial charge in [0.1, 0.15) is 11.4 Å². The third-order valence-electron chi connectivity index (χ3n) is 3.42. The minimum Gasteiger partial charge on any atom is -0.390 e. The number of rotatable bonds is 4. The van der Waals surface area contributed by atoms with Gasteiger partial charge in [-0.15, -0.1) is 5.10 Å². The highest BCUT2D eigenvalue weighted by Crippen LogP contribution is 2.27. The number of nitrogens with zero attached hydrogens (tertiary/aromatic N) is 3. The molecule has 0 amide bonds. The zero-order valence-electron chi connectivity index (χ0n) is 12.3. The summed E-state index contributed by atoms with van der Waals surface area (Å²) in [5.41, 5.74) is 2.34. The molecule has 0 fully saturated rings. The second kappa shape index (κ2) is 6.33. The van der Waals surface area contributed by atoms with E-state index in [4.69, 9.17) is 16.7 Å². The van der Waals surface area contributed by atoms with Crippen molar-refractivity contribution in [1.29, 1.82) is 0 Å². The standard InChI is InChI=1S/C15H13ClN4O3S/c16-11-3-1-10(2-4-11)15-14(9-21)18-19-20(15)12-5-7-13(8-6-12)24(17,22)23/h1-8,21H,9H2,(H2,17,22,23). The van der Waals surface area contributed by atoms with Crippen molar-refractivity contribution in [3.8, 4) is 16.9 Å². The Kier molecular flexibility index (Phi) is 4.37. The molecular weight excluding hydrogens is 352 g/mol. The van der Waals surface area contributed by atoms with E-state index >= 15 is 0 Å². The summed E-state index contributed by atoms with van der Waals surface area (Å²) >= 11 is 5.91. The third-order valence-corrected chi connectivity index (χ3v) is 4.60. The fourth-order valence-corrected chi connectivity index (χ4v) is 2.92. The van der Waals surface area contributed by atoms with E-state index in [2.05, 4.69) is 10.3 Å². The maximum absolute atomic E-state index is 11.3. The monoisotopic (exact) mass is 364 g/mol. The summed E-state index contributed by atoms with van der Waals surface area (Å²) in [5.74, 6) is 0. The van der Waals surface area contributed by atoms with Gasteiger partial charge in [0.05, 0.1) is 17.2 Å². The lowest BCUT2D eigenvalue weighted by Crippen LogP contribution is -2.12. The number of sulfonamides is 1. The molecule has 3 aromatic rings. The van der Waals surface area contributed by atoms with Crippen molar-refractivity contribution in [3.05, 3.63) is 59.2 Å². The molecule has 1 aromatic heterocycles. The van der Waals surface area contributed by atoms with Crippen LogP contribution in [-0.4, -0.2) is 28.5 Å². The molecule has 0 saturated heterocycles.